The highest BCUT2D eigenvalue weighted by Gasteiger charge is 2.53. The van der Waals surface area contributed by atoms with E-state index in [2.05, 4.69) is 18.1 Å². The average molecular weight is 441 g/mol. The molecule has 2 aromatic carbocycles. The molecule has 0 spiro atoms. The Hall–Kier alpha value is -1.84. The summed E-state index contributed by atoms with van der Waals surface area (Å²) in [4.78, 5) is 0. The number of halogens is 2. The van der Waals surface area contributed by atoms with Gasteiger partial charge in [-0.3, -0.25) is 0 Å². The minimum atomic E-state index is 0.130. The number of phenolic OH excluding ortho intramolecular Hbond substituents is 1. The van der Waals surface area contributed by atoms with Gasteiger partial charge >= 0.3 is 0 Å². The van der Waals surface area contributed by atoms with E-state index in [-0.39, 0.29) is 5.41 Å². The number of aromatic hydroxyl groups is 1. The van der Waals surface area contributed by atoms with E-state index in [1.807, 2.05) is 24.3 Å². The zero-order chi connectivity index (χ0) is 20.9. The van der Waals surface area contributed by atoms with Gasteiger partial charge in [-0.05, 0) is 85.6 Å². The second-order valence-corrected chi connectivity index (χ2v) is 10.0. The summed E-state index contributed by atoms with van der Waals surface area (Å²) in [5.74, 6) is 2.35. The van der Waals surface area contributed by atoms with Crippen molar-refractivity contribution in [1.29, 1.82) is 0 Å². The minimum Gasteiger partial charge on any atom is -0.508 e. The molecular formula is C25H26Cl2N2O. The summed E-state index contributed by atoms with van der Waals surface area (Å²) in [6.07, 6.45) is 8.52. The molecule has 3 aliphatic carbocycles. The van der Waals surface area contributed by atoms with E-state index in [0.29, 0.717) is 33.5 Å². The zero-order valence-corrected chi connectivity index (χ0v) is 18.6. The normalized spacial score (nSPS) is 31.6. The lowest BCUT2D eigenvalue weighted by Crippen LogP contribution is -2.42. The third-order valence-electron chi connectivity index (χ3n) is 7.81. The lowest BCUT2D eigenvalue weighted by atomic mass is 9.55. The van der Waals surface area contributed by atoms with E-state index >= 15 is 0 Å². The van der Waals surface area contributed by atoms with Gasteiger partial charge in [0.15, 0.2) is 0 Å². The van der Waals surface area contributed by atoms with Crippen LogP contribution in [0.15, 0.2) is 46.6 Å². The van der Waals surface area contributed by atoms with Gasteiger partial charge in [-0.25, -0.2) is 0 Å². The van der Waals surface area contributed by atoms with Gasteiger partial charge in [0, 0.05) is 16.7 Å². The van der Waals surface area contributed by atoms with Crippen molar-refractivity contribution in [3.05, 3.63) is 63.1 Å². The van der Waals surface area contributed by atoms with Crippen LogP contribution in [-0.4, -0.2) is 17.0 Å². The summed E-state index contributed by atoms with van der Waals surface area (Å²) in [5, 5.41) is 20.0. The Kier molecular flexibility index (Phi) is 5.15. The maximum Gasteiger partial charge on any atom is 0.115 e. The van der Waals surface area contributed by atoms with Crippen molar-refractivity contribution in [3.8, 4) is 5.75 Å². The van der Waals surface area contributed by atoms with Crippen LogP contribution in [0.25, 0.3) is 0 Å². The van der Waals surface area contributed by atoms with Crippen molar-refractivity contribution < 1.29 is 5.11 Å². The molecule has 5 heteroatoms. The van der Waals surface area contributed by atoms with Gasteiger partial charge in [0.05, 0.1) is 16.3 Å². The number of aryl methyl sites for hydroxylation is 1. The monoisotopic (exact) mass is 440 g/mol. The van der Waals surface area contributed by atoms with Crippen LogP contribution < -0.4 is 0 Å². The Labute approximate surface area is 187 Å². The fourth-order valence-electron chi connectivity index (χ4n) is 6.30. The molecule has 0 aromatic heterocycles. The molecule has 2 aromatic rings. The Morgan fingerprint density at radius 2 is 1.97 bits per heavy atom. The first-order valence-corrected chi connectivity index (χ1v) is 11.6. The highest BCUT2D eigenvalue weighted by Crippen LogP contribution is 2.60. The molecule has 0 unspecified atom stereocenters. The lowest BCUT2D eigenvalue weighted by Gasteiger charge is -2.49. The fraction of sp³-hybridized carbons (Fsp3) is 0.440. The van der Waals surface area contributed by atoms with Crippen LogP contribution in [0.1, 0.15) is 61.6 Å². The van der Waals surface area contributed by atoms with E-state index in [1.54, 1.807) is 12.3 Å². The van der Waals surface area contributed by atoms with Crippen LogP contribution >= 0.6 is 23.2 Å². The van der Waals surface area contributed by atoms with Crippen molar-refractivity contribution in [3.63, 3.8) is 0 Å². The Balaban J connectivity index is 1.39. The van der Waals surface area contributed by atoms with Gasteiger partial charge in [0.1, 0.15) is 5.75 Å². The van der Waals surface area contributed by atoms with Crippen molar-refractivity contribution in [2.75, 3.05) is 0 Å². The van der Waals surface area contributed by atoms with E-state index in [9.17, 15) is 5.11 Å². The lowest BCUT2D eigenvalue weighted by molar-refractivity contribution is 0.0955. The van der Waals surface area contributed by atoms with E-state index in [1.165, 1.54) is 36.1 Å². The topological polar surface area (TPSA) is 45.0 Å². The second-order valence-electron chi connectivity index (χ2n) is 9.23. The molecule has 0 aliphatic heterocycles. The van der Waals surface area contributed by atoms with Crippen molar-refractivity contribution in [1.82, 2.24) is 0 Å². The smallest absolute Gasteiger partial charge is 0.115 e. The summed E-state index contributed by atoms with van der Waals surface area (Å²) < 4.78 is 0. The highest BCUT2D eigenvalue weighted by molar-refractivity contribution is 6.43. The van der Waals surface area contributed by atoms with Crippen LogP contribution in [0.2, 0.25) is 10.0 Å². The number of fused-ring (bicyclic) bond motifs is 5. The van der Waals surface area contributed by atoms with Crippen LogP contribution in [0.5, 0.6) is 5.75 Å². The molecule has 0 heterocycles. The highest BCUT2D eigenvalue weighted by atomic mass is 35.5. The quantitative estimate of drug-likeness (QED) is 0.395. The van der Waals surface area contributed by atoms with Gasteiger partial charge in [-0.2, -0.15) is 10.2 Å². The van der Waals surface area contributed by atoms with Crippen molar-refractivity contribution in [2.45, 2.75) is 51.4 Å². The fourth-order valence-corrected chi connectivity index (χ4v) is 6.66. The molecule has 2 fully saturated rings. The molecule has 4 atom stereocenters. The van der Waals surface area contributed by atoms with E-state index in [0.717, 1.165) is 24.8 Å². The molecule has 3 nitrogen and oxygen atoms in total. The third kappa shape index (κ3) is 3.27. The van der Waals surface area contributed by atoms with Gasteiger partial charge in [0.2, 0.25) is 0 Å². The number of phenols is 1. The molecule has 0 bridgehead atoms. The molecule has 0 amide bonds. The summed E-state index contributed by atoms with van der Waals surface area (Å²) in [7, 11) is 0. The first-order valence-electron chi connectivity index (χ1n) is 10.8. The molecule has 3 aliphatic rings. The molecule has 1 N–H and O–H groups in total. The summed E-state index contributed by atoms with van der Waals surface area (Å²) in [5.41, 5.74) is 4.96. The Morgan fingerprint density at radius 1 is 1.10 bits per heavy atom. The van der Waals surface area contributed by atoms with Crippen LogP contribution in [-0.2, 0) is 6.42 Å². The average Bonchev–Trinajstić information content (AvgIpc) is 3.07. The first-order chi connectivity index (χ1) is 14.5. The van der Waals surface area contributed by atoms with Gasteiger partial charge in [-0.15, -0.1) is 0 Å². The summed E-state index contributed by atoms with van der Waals surface area (Å²) in [6.45, 7) is 2.40. The number of hydrogen-bond acceptors (Lipinski definition) is 3. The van der Waals surface area contributed by atoms with Crippen molar-refractivity contribution >= 4 is 35.1 Å². The molecule has 5 rings (SSSR count). The van der Waals surface area contributed by atoms with Gasteiger partial charge in [-0.1, -0.05) is 48.3 Å². The molecule has 30 heavy (non-hydrogen) atoms. The van der Waals surface area contributed by atoms with Crippen LogP contribution in [0, 0.1) is 17.3 Å². The largest absolute Gasteiger partial charge is 0.508 e. The number of benzene rings is 2. The minimum absolute atomic E-state index is 0.130. The SMILES string of the molecule is C[C@@]12CC[C@H]3c4ccc(O)cc4CC[C@@H]3[C@@H]1CC/C2=N/N=C\c1cccc(Cl)c1Cl. The summed E-state index contributed by atoms with van der Waals surface area (Å²) in [6, 6.07) is 11.5. The third-order valence-corrected chi connectivity index (χ3v) is 8.64. The number of hydrogen-bond donors (Lipinski definition) is 1. The second kappa shape index (κ2) is 7.69. The molecule has 0 radical (unpaired) electrons. The molecular weight excluding hydrogens is 415 g/mol. The maximum absolute atomic E-state index is 9.86. The predicted molar refractivity (Wildman–Crippen MR) is 124 cm³/mol. The Morgan fingerprint density at radius 3 is 2.83 bits per heavy atom. The van der Waals surface area contributed by atoms with Crippen LogP contribution in [0.4, 0.5) is 0 Å². The summed E-state index contributed by atoms with van der Waals surface area (Å²) >= 11 is 12.4. The van der Waals surface area contributed by atoms with Crippen LogP contribution in [0.3, 0.4) is 0 Å². The predicted octanol–water partition coefficient (Wildman–Crippen LogP) is 7.03. The van der Waals surface area contributed by atoms with Crippen molar-refractivity contribution in [2.24, 2.45) is 27.5 Å². The van der Waals surface area contributed by atoms with Gasteiger partial charge in [0.25, 0.3) is 0 Å². The van der Waals surface area contributed by atoms with E-state index < -0.39 is 0 Å². The number of rotatable bonds is 2. The Bertz CT molecular complexity index is 1050. The maximum atomic E-state index is 9.86. The molecule has 156 valence electrons. The molecule has 0 saturated heterocycles. The molecule has 2 saturated carbocycles. The van der Waals surface area contributed by atoms with Gasteiger partial charge < -0.3 is 5.11 Å². The standard InChI is InChI=1S/C25H26Cl2N2O/c1-25-12-11-19-18-8-6-17(30)13-15(18)5-7-20(19)21(25)9-10-23(25)29-28-14-16-3-2-4-22(26)24(16)27/h2-4,6,8,13-14,19-21,30H,5,7,9-12H2,1H3/b28-14-,29-23-/t19-,20-,21-,25+/m0/s1. The number of nitrogens with zero attached hydrogens (tertiary/aromatic N) is 2. The van der Waals surface area contributed by atoms with E-state index in [4.69, 9.17) is 28.3 Å². The zero-order valence-electron chi connectivity index (χ0n) is 17.1. The first kappa shape index (κ1) is 20.1.